The second-order valence-corrected chi connectivity index (χ2v) is 5.78. The Labute approximate surface area is 131 Å². The van der Waals surface area contributed by atoms with Gasteiger partial charge in [0.25, 0.3) is 0 Å². The van der Waals surface area contributed by atoms with E-state index in [2.05, 4.69) is 20.4 Å². The van der Waals surface area contributed by atoms with Crippen molar-refractivity contribution < 1.29 is 13.2 Å². The fourth-order valence-corrected chi connectivity index (χ4v) is 2.95. The monoisotopic (exact) mass is 325 g/mol. The van der Waals surface area contributed by atoms with Crippen LogP contribution in [0.5, 0.6) is 0 Å². The zero-order valence-electron chi connectivity index (χ0n) is 13.0. The number of nitrogens with one attached hydrogen (secondary N) is 1. The lowest BCUT2D eigenvalue weighted by Crippen LogP contribution is -2.15. The molecule has 5 nitrogen and oxygen atoms in total. The van der Waals surface area contributed by atoms with Gasteiger partial charge < -0.3 is 5.32 Å². The Bertz CT molecular complexity index is 721. The molecule has 1 aliphatic rings. The van der Waals surface area contributed by atoms with Crippen molar-refractivity contribution in [3.8, 4) is 0 Å². The number of hydrogen-bond donors (Lipinski definition) is 1. The van der Waals surface area contributed by atoms with Crippen LogP contribution in [-0.4, -0.2) is 19.7 Å². The molecule has 3 rings (SSSR count). The smallest absolute Gasteiger partial charge is 0.366 e. The van der Waals surface area contributed by atoms with Crippen molar-refractivity contribution in [2.75, 3.05) is 5.32 Å². The number of rotatable bonds is 3. The third-order valence-electron chi connectivity index (χ3n) is 3.91. The van der Waals surface area contributed by atoms with E-state index < -0.39 is 11.9 Å². The summed E-state index contributed by atoms with van der Waals surface area (Å²) in [7, 11) is 1.48. The maximum atomic E-state index is 13.0. The van der Waals surface area contributed by atoms with E-state index in [1.54, 1.807) is 6.92 Å². The molecular weight excluding hydrogens is 307 g/mol. The lowest BCUT2D eigenvalue weighted by molar-refractivity contribution is -0.142. The molecule has 0 aromatic carbocycles. The fraction of sp³-hybridized carbons (Fsp3) is 0.533. The molecule has 2 aromatic rings. The van der Waals surface area contributed by atoms with Gasteiger partial charge in [-0.1, -0.05) is 0 Å². The molecule has 0 amide bonds. The van der Waals surface area contributed by atoms with Crippen LogP contribution in [0, 0.1) is 6.92 Å². The minimum Gasteiger partial charge on any atom is -0.366 e. The lowest BCUT2D eigenvalue weighted by Gasteiger charge is -2.19. The van der Waals surface area contributed by atoms with E-state index in [1.807, 2.05) is 0 Å². The first-order chi connectivity index (χ1) is 10.8. The molecule has 124 valence electrons. The van der Waals surface area contributed by atoms with Crippen LogP contribution in [-0.2, 0) is 32.6 Å². The van der Waals surface area contributed by atoms with Crippen molar-refractivity contribution >= 4 is 5.82 Å². The quantitative estimate of drug-likeness (QED) is 0.942. The van der Waals surface area contributed by atoms with Gasteiger partial charge in [0.1, 0.15) is 11.6 Å². The minimum absolute atomic E-state index is 0.0333. The number of fused-ring (bicyclic) bond motifs is 1. The van der Waals surface area contributed by atoms with Crippen molar-refractivity contribution in [3.63, 3.8) is 0 Å². The van der Waals surface area contributed by atoms with E-state index in [9.17, 15) is 13.2 Å². The predicted molar refractivity (Wildman–Crippen MR) is 78.9 cm³/mol. The van der Waals surface area contributed by atoms with Crippen LogP contribution in [0.15, 0.2) is 6.20 Å². The average Bonchev–Trinajstić information content (AvgIpc) is 2.86. The Balaban J connectivity index is 1.86. The second-order valence-electron chi connectivity index (χ2n) is 5.78. The molecule has 8 heteroatoms. The highest BCUT2D eigenvalue weighted by Gasteiger charge is 2.36. The molecule has 23 heavy (non-hydrogen) atoms. The standard InChI is InChI=1S/C15H18F3N5/c1-9-20-12-6-4-3-5-11(12)14(21-9)19-7-10-8-23(2)22-13(10)15(16,17)18/h8H,3-7H2,1-2H3,(H,19,20,21). The first-order valence-electron chi connectivity index (χ1n) is 7.54. The van der Waals surface area contributed by atoms with E-state index in [0.29, 0.717) is 11.6 Å². The summed E-state index contributed by atoms with van der Waals surface area (Å²) in [6.07, 6.45) is 0.819. The Morgan fingerprint density at radius 2 is 1.96 bits per heavy atom. The van der Waals surface area contributed by atoms with E-state index in [4.69, 9.17) is 0 Å². The van der Waals surface area contributed by atoms with Gasteiger partial charge in [0, 0.05) is 36.6 Å². The third kappa shape index (κ3) is 3.30. The van der Waals surface area contributed by atoms with Gasteiger partial charge in [-0.05, 0) is 32.6 Å². The highest BCUT2D eigenvalue weighted by atomic mass is 19.4. The number of anilines is 1. The van der Waals surface area contributed by atoms with Crippen LogP contribution in [0.2, 0.25) is 0 Å². The first-order valence-corrected chi connectivity index (χ1v) is 7.54. The van der Waals surface area contributed by atoms with Crippen LogP contribution in [0.4, 0.5) is 19.0 Å². The van der Waals surface area contributed by atoms with Crippen LogP contribution in [0.3, 0.4) is 0 Å². The summed E-state index contributed by atoms with van der Waals surface area (Å²) in [5.74, 6) is 1.28. The topological polar surface area (TPSA) is 55.6 Å². The molecule has 2 heterocycles. The van der Waals surface area contributed by atoms with E-state index in [-0.39, 0.29) is 12.1 Å². The van der Waals surface area contributed by atoms with Crippen molar-refractivity contribution in [2.45, 2.75) is 45.3 Å². The molecule has 0 fully saturated rings. The second kappa shape index (κ2) is 5.82. The molecule has 1 aliphatic carbocycles. The Morgan fingerprint density at radius 3 is 2.70 bits per heavy atom. The summed E-state index contributed by atoms with van der Waals surface area (Å²) in [4.78, 5) is 8.81. The summed E-state index contributed by atoms with van der Waals surface area (Å²) in [6, 6.07) is 0. The van der Waals surface area contributed by atoms with Gasteiger partial charge in [-0.15, -0.1) is 0 Å². The molecule has 0 radical (unpaired) electrons. The fourth-order valence-electron chi connectivity index (χ4n) is 2.95. The highest BCUT2D eigenvalue weighted by molar-refractivity contribution is 5.48. The van der Waals surface area contributed by atoms with Gasteiger partial charge in [-0.3, -0.25) is 4.68 Å². The average molecular weight is 325 g/mol. The molecule has 2 aromatic heterocycles. The predicted octanol–water partition coefficient (Wildman–Crippen LogP) is 3.03. The number of aromatic nitrogens is 4. The number of alkyl halides is 3. The Morgan fingerprint density at radius 1 is 1.22 bits per heavy atom. The van der Waals surface area contributed by atoms with Crippen molar-refractivity contribution in [2.24, 2.45) is 7.05 Å². The normalized spacial score (nSPS) is 14.7. The molecule has 0 unspecified atom stereocenters. The van der Waals surface area contributed by atoms with Crippen LogP contribution in [0.1, 0.15) is 41.2 Å². The van der Waals surface area contributed by atoms with E-state index in [0.717, 1.165) is 36.9 Å². The maximum Gasteiger partial charge on any atom is 0.435 e. The van der Waals surface area contributed by atoms with Gasteiger partial charge in [-0.2, -0.15) is 18.3 Å². The summed E-state index contributed by atoms with van der Waals surface area (Å²) in [5.41, 5.74) is 1.29. The lowest BCUT2D eigenvalue weighted by atomic mass is 9.96. The van der Waals surface area contributed by atoms with Crippen LogP contribution < -0.4 is 5.32 Å². The highest BCUT2D eigenvalue weighted by Crippen LogP contribution is 2.31. The minimum atomic E-state index is -4.46. The first kappa shape index (κ1) is 15.8. The number of halogens is 3. The van der Waals surface area contributed by atoms with Gasteiger partial charge in [0.05, 0.1) is 0 Å². The maximum absolute atomic E-state index is 13.0. The van der Waals surface area contributed by atoms with Crippen molar-refractivity contribution in [3.05, 3.63) is 34.5 Å². The molecule has 0 saturated carbocycles. The number of hydrogen-bond acceptors (Lipinski definition) is 4. The van der Waals surface area contributed by atoms with Gasteiger partial charge in [0.15, 0.2) is 5.69 Å². The summed E-state index contributed by atoms with van der Waals surface area (Å²) in [5, 5.41) is 6.57. The van der Waals surface area contributed by atoms with Crippen molar-refractivity contribution in [1.82, 2.24) is 19.7 Å². The molecule has 0 saturated heterocycles. The number of nitrogens with zero attached hydrogens (tertiary/aromatic N) is 4. The molecule has 0 spiro atoms. The van der Waals surface area contributed by atoms with Gasteiger partial charge >= 0.3 is 6.18 Å². The SMILES string of the molecule is Cc1nc2c(c(NCc3cn(C)nc3C(F)(F)F)n1)CCCC2. The number of aryl methyl sites for hydroxylation is 3. The molecular formula is C15H18F3N5. The van der Waals surface area contributed by atoms with Crippen LogP contribution >= 0.6 is 0 Å². The zero-order chi connectivity index (χ0) is 16.6. The van der Waals surface area contributed by atoms with Crippen molar-refractivity contribution in [1.29, 1.82) is 0 Å². The van der Waals surface area contributed by atoms with E-state index >= 15 is 0 Å². The largest absolute Gasteiger partial charge is 0.435 e. The molecule has 0 bridgehead atoms. The zero-order valence-corrected chi connectivity index (χ0v) is 13.0. The molecule has 1 N–H and O–H groups in total. The van der Waals surface area contributed by atoms with Gasteiger partial charge in [0.2, 0.25) is 0 Å². The molecule has 0 aliphatic heterocycles. The summed E-state index contributed by atoms with van der Waals surface area (Å²) >= 11 is 0. The summed E-state index contributed by atoms with van der Waals surface area (Å²) in [6.45, 7) is 1.83. The van der Waals surface area contributed by atoms with E-state index in [1.165, 1.54) is 17.9 Å². The Kier molecular flexibility index (Phi) is 3.99. The Hall–Kier alpha value is -2.12. The summed E-state index contributed by atoms with van der Waals surface area (Å²) < 4.78 is 40.2. The van der Waals surface area contributed by atoms with Crippen LogP contribution in [0.25, 0.3) is 0 Å². The van der Waals surface area contributed by atoms with Gasteiger partial charge in [-0.25, -0.2) is 9.97 Å². The molecule has 0 atom stereocenters. The third-order valence-corrected chi connectivity index (χ3v) is 3.91.